The minimum absolute atomic E-state index is 0.120. The predicted molar refractivity (Wildman–Crippen MR) is 50.6 cm³/mol. The molecule has 0 spiro atoms. The maximum absolute atomic E-state index is 10.3. The van der Waals surface area contributed by atoms with E-state index < -0.39 is 0 Å². The number of hydrogen-bond donors (Lipinski definition) is 0. The second-order valence-corrected chi connectivity index (χ2v) is 3.96. The Morgan fingerprint density at radius 1 is 1.42 bits per heavy atom. The lowest BCUT2D eigenvalue weighted by molar-refractivity contribution is -0.409. The first-order chi connectivity index (χ1) is 5.70. The summed E-state index contributed by atoms with van der Waals surface area (Å²) in [5.41, 5.74) is 0. The van der Waals surface area contributed by atoms with Crippen molar-refractivity contribution in [3.8, 4) is 0 Å². The van der Waals surface area contributed by atoms with Crippen molar-refractivity contribution in [1.82, 2.24) is 0 Å². The highest BCUT2D eigenvalue weighted by atomic mass is 79.9. The first-order valence-electron chi connectivity index (χ1n) is 4.22. The van der Waals surface area contributed by atoms with Gasteiger partial charge in [-0.15, -0.1) is 0 Å². The SMILES string of the molecule is O=[N+]([O-])/C(Br)=C/C1CCCCC1. The van der Waals surface area contributed by atoms with E-state index in [0.29, 0.717) is 5.92 Å². The van der Waals surface area contributed by atoms with Crippen molar-refractivity contribution in [2.45, 2.75) is 32.1 Å². The Morgan fingerprint density at radius 2 is 2.00 bits per heavy atom. The molecule has 0 atom stereocenters. The van der Waals surface area contributed by atoms with Gasteiger partial charge in [-0.05, 0) is 18.8 Å². The number of nitrogens with zero attached hydrogens (tertiary/aromatic N) is 1. The number of rotatable bonds is 2. The van der Waals surface area contributed by atoms with Gasteiger partial charge in [0.05, 0.1) is 4.92 Å². The number of hydrogen-bond acceptors (Lipinski definition) is 2. The molecule has 0 N–H and O–H groups in total. The molecule has 12 heavy (non-hydrogen) atoms. The van der Waals surface area contributed by atoms with Crippen LogP contribution in [0.5, 0.6) is 0 Å². The van der Waals surface area contributed by atoms with E-state index in [2.05, 4.69) is 15.9 Å². The zero-order chi connectivity index (χ0) is 8.97. The van der Waals surface area contributed by atoms with Gasteiger partial charge in [-0.3, -0.25) is 10.1 Å². The highest BCUT2D eigenvalue weighted by Gasteiger charge is 2.14. The molecule has 0 saturated heterocycles. The van der Waals surface area contributed by atoms with Crippen LogP contribution in [0.1, 0.15) is 32.1 Å². The zero-order valence-electron chi connectivity index (χ0n) is 6.83. The molecule has 0 radical (unpaired) electrons. The molecule has 1 fully saturated rings. The fourth-order valence-corrected chi connectivity index (χ4v) is 1.93. The van der Waals surface area contributed by atoms with Crippen molar-refractivity contribution in [3.63, 3.8) is 0 Å². The second-order valence-electron chi connectivity index (χ2n) is 3.14. The number of nitro groups is 1. The maximum Gasteiger partial charge on any atom is 0.307 e. The van der Waals surface area contributed by atoms with Gasteiger partial charge in [-0.25, -0.2) is 0 Å². The summed E-state index contributed by atoms with van der Waals surface area (Å²) < 4.78 is 0.120. The Balaban J connectivity index is 2.47. The topological polar surface area (TPSA) is 43.1 Å². The van der Waals surface area contributed by atoms with Crippen molar-refractivity contribution >= 4 is 15.9 Å². The van der Waals surface area contributed by atoms with E-state index in [9.17, 15) is 10.1 Å². The zero-order valence-corrected chi connectivity index (χ0v) is 8.42. The van der Waals surface area contributed by atoms with Gasteiger partial charge in [0.2, 0.25) is 0 Å². The van der Waals surface area contributed by atoms with Crippen LogP contribution in [0, 0.1) is 16.0 Å². The molecule has 1 saturated carbocycles. The number of halogens is 1. The molecule has 0 aromatic rings. The number of allylic oxidation sites excluding steroid dienone is 1. The lowest BCUT2D eigenvalue weighted by atomic mass is 9.89. The summed E-state index contributed by atoms with van der Waals surface area (Å²) >= 11 is 2.94. The summed E-state index contributed by atoms with van der Waals surface area (Å²) in [6.45, 7) is 0. The minimum Gasteiger partial charge on any atom is -0.258 e. The van der Waals surface area contributed by atoms with Gasteiger partial charge in [0.15, 0.2) is 0 Å². The second kappa shape index (κ2) is 4.60. The molecule has 0 amide bonds. The fourth-order valence-electron chi connectivity index (χ4n) is 1.56. The van der Waals surface area contributed by atoms with E-state index in [-0.39, 0.29) is 9.53 Å². The smallest absolute Gasteiger partial charge is 0.258 e. The Bertz CT molecular complexity index is 197. The molecule has 0 heterocycles. The van der Waals surface area contributed by atoms with E-state index in [4.69, 9.17) is 0 Å². The van der Waals surface area contributed by atoms with Crippen LogP contribution in [-0.4, -0.2) is 4.92 Å². The average molecular weight is 234 g/mol. The van der Waals surface area contributed by atoms with E-state index >= 15 is 0 Å². The van der Waals surface area contributed by atoms with Gasteiger partial charge in [-0.1, -0.05) is 19.3 Å². The monoisotopic (exact) mass is 233 g/mol. The van der Waals surface area contributed by atoms with Crippen LogP contribution in [-0.2, 0) is 0 Å². The summed E-state index contributed by atoms with van der Waals surface area (Å²) in [6, 6.07) is 0. The van der Waals surface area contributed by atoms with Gasteiger partial charge < -0.3 is 0 Å². The van der Waals surface area contributed by atoms with E-state index in [1.165, 1.54) is 19.3 Å². The van der Waals surface area contributed by atoms with Crippen molar-refractivity contribution in [1.29, 1.82) is 0 Å². The third-order valence-corrected chi connectivity index (χ3v) is 2.75. The quantitative estimate of drug-likeness (QED) is 0.418. The Morgan fingerprint density at radius 3 is 2.50 bits per heavy atom. The van der Waals surface area contributed by atoms with Crippen molar-refractivity contribution in [2.75, 3.05) is 0 Å². The van der Waals surface area contributed by atoms with Crippen LogP contribution in [0.25, 0.3) is 0 Å². The fraction of sp³-hybridized carbons (Fsp3) is 0.750. The van der Waals surface area contributed by atoms with E-state index in [0.717, 1.165) is 12.8 Å². The van der Waals surface area contributed by atoms with Gasteiger partial charge in [-0.2, -0.15) is 0 Å². The lowest BCUT2D eigenvalue weighted by Crippen LogP contribution is -2.04. The standard InChI is InChI=1S/C8H12BrNO2/c9-8(10(11)12)6-7-4-2-1-3-5-7/h6-7H,1-5H2/b8-6+. The summed E-state index contributed by atoms with van der Waals surface area (Å²) in [6.07, 6.45) is 7.63. The molecule has 4 heteroatoms. The van der Waals surface area contributed by atoms with Crippen LogP contribution < -0.4 is 0 Å². The summed E-state index contributed by atoms with van der Waals surface area (Å²) in [7, 11) is 0. The van der Waals surface area contributed by atoms with Crippen molar-refractivity contribution in [2.24, 2.45) is 5.92 Å². The Kier molecular flexibility index (Phi) is 3.72. The van der Waals surface area contributed by atoms with Crippen molar-refractivity contribution in [3.05, 3.63) is 20.8 Å². The highest BCUT2D eigenvalue weighted by molar-refractivity contribution is 9.11. The van der Waals surface area contributed by atoms with Crippen LogP contribution in [0.4, 0.5) is 0 Å². The van der Waals surface area contributed by atoms with Gasteiger partial charge >= 0.3 is 4.61 Å². The molecular formula is C8H12BrNO2. The third kappa shape index (κ3) is 2.93. The molecule has 0 aliphatic heterocycles. The summed E-state index contributed by atoms with van der Waals surface area (Å²) in [5.74, 6) is 0.415. The largest absolute Gasteiger partial charge is 0.307 e. The maximum atomic E-state index is 10.3. The normalized spacial score (nSPS) is 20.9. The van der Waals surface area contributed by atoms with Gasteiger partial charge in [0.25, 0.3) is 0 Å². The van der Waals surface area contributed by atoms with Gasteiger partial charge in [0.1, 0.15) is 0 Å². The molecule has 3 nitrogen and oxygen atoms in total. The summed E-state index contributed by atoms with van der Waals surface area (Å²) in [5, 5.41) is 10.3. The van der Waals surface area contributed by atoms with Crippen LogP contribution in [0.2, 0.25) is 0 Å². The van der Waals surface area contributed by atoms with Crippen LogP contribution >= 0.6 is 15.9 Å². The summed E-state index contributed by atoms with van der Waals surface area (Å²) in [4.78, 5) is 9.88. The van der Waals surface area contributed by atoms with E-state index in [1.54, 1.807) is 6.08 Å². The third-order valence-electron chi connectivity index (χ3n) is 2.20. The molecular weight excluding hydrogens is 222 g/mol. The van der Waals surface area contributed by atoms with E-state index in [1.807, 2.05) is 0 Å². The highest BCUT2D eigenvalue weighted by Crippen LogP contribution is 2.26. The molecule has 68 valence electrons. The van der Waals surface area contributed by atoms with Crippen molar-refractivity contribution < 1.29 is 4.92 Å². The average Bonchev–Trinajstić information content (AvgIpc) is 2.06. The Labute approximate surface area is 80.1 Å². The minimum atomic E-state index is -0.380. The lowest BCUT2D eigenvalue weighted by Gasteiger charge is -2.16. The first-order valence-corrected chi connectivity index (χ1v) is 5.01. The van der Waals surface area contributed by atoms with Crippen LogP contribution in [0.3, 0.4) is 0 Å². The van der Waals surface area contributed by atoms with Gasteiger partial charge in [0, 0.05) is 22.0 Å². The first kappa shape index (κ1) is 9.71. The molecule has 0 aromatic heterocycles. The predicted octanol–water partition coefficient (Wildman–Crippen LogP) is 3.08. The molecule has 1 rings (SSSR count). The molecule has 1 aliphatic carbocycles. The molecule has 0 unspecified atom stereocenters. The Hall–Kier alpha value is -0.380. The molecule has 0 aromatic carbocycles. The van der Waals surface area contributed by atoms with Crippen LogP contribution in [0.15, 0.2) is 10.7 Å². The molecule has 1 aliphatic rings. The molecule has 0 bridgehead atoms.